The molecular weight excluding hydrogens is 270 g/mol. The van der Waals surface area contributed by atoms with Crippen LogP contribution in [0.2, 0.25) is 0 Å². The predicted molar refractivity (Wildman–Crippen MR) is 80.1 cm³/mol. The second-order valence-corrected chi connectivity index (χ2v) is 5.21. The summed E-state index contributed by atoms with van der Waals surface area (Å²) < 4.78 is 9.90. The summed E-state index contributed by atoms with van der Waals surface area (Å²) in [6.45, 7) is 3.09. The monoisotopic (exact) mass is 293 g/mol. The molecule has 0 aliphatic carbocycles. The highest BCUT2D eigenvalue weighted by Crippen LogP contribution is 2.21. The molecule has 2 rings (SSSR count). The number of nitrogens with one attached hydrogen (secondary N) is 1. The first-order valence-corrected chi connectivity index (χ1v) is 7.09. The Kier molecular flexibility index (Phi) is 5.41. The first kappa shape index (κ1) is 15.6. The van der Waals surface area contributed by atoms with Crippen molar-refractivity contribution in [2.24, 2.45) is 5.73 Å². The summed E-state index contributed by atoms with van der Waals surface area (Å²) in [7, 11) is 3.03. The number of nitrogens with two attached hydrogens (primary N) is 1. The van der Waals surface area contributed by atoms with Gasteiger partial charge in [-0.3, -0.25) is 4.90 Å². The third-order valence-electron chi connectivity index (χ3n) is 3.75. The SMILES string of the molecule is COC(=O)NC1CCN(Cc2ccc(OC)c(CN)c2)C1. The quantitative estimate of drug-likeness (QED) is 0.849. The molecule has 1 aliphatic rings. The van der Waals surface area contributed by atoms with Crippen molar-refractivity contribution in [3.63, 3.8) is 0 Å². The van der Waals surface area contributed by atoms with Gasteiger partial charge in [0.05, 0.1) is 14.2 Å². The van der Waals surface area contributed by atoms with Crippen molar-refractivity contribution in [2.75, 3.05) is 27.3 Å². The molecule has 1 saturated heterocycles. The van der Waals surface area contributed by atoms with Crippen LogP contribution in [0.15, 0.2) is 18.2 Å². The molecule has 0 aromatic heterocycles. The molecule has 0 saturated carbocycles. The van der Waals surface area contributed by atoms with Crippen molar-refractivity contribution in [3.05, 3.63) is 29.3 Å². The van der Waals surface area contributed by atoms with Crippen molar-refractivity contribution in [1.82, 2.24) is 10.2 Å². The number of amides is 1. The number of carbonyl (C=O) groups excluding carboxylic acids is 1. The van der Waals surface area contributed by atoms with Gasteiger partial charge in [0.1, 0.15) is 5.75 Å². The van der Waals surface area contributed by atoms with E-state index in [9.17, 15) is 4.79 Å². The van der Waals surface area contributed by atoms with Gasteiger partial charge in [-0.15, -0.1) is 0 Å². The van der Waals surface area contributed by atoms with Crippen molar-refractivity contribution in [2.45, 2.75) is 25.6 Å². The molecule has 1 atom stereocenters. The van der Waals surface area contributed by atoms with Crippen LogP contribution in [-0.2, 0) is 17.8 Å². The Hall–Kier alpha value is -1.79. The molecule has 3 N–H and O–H groups in total. The average Bonchev–Trinajstić information content (AvgIpc) is 2.93. The van der Waals surface area contributed by atoms with E-state index in [-0.39, 0.29) is 12.1 Å². The average molecular weight is 293 g/mol. The maximum absolute atomic E-state index is 11.2. The highest BCUT2D eigenvalue weighted by molar-refractivity contribution is 5.67. The van der Waals surface area contributed by atoms with E-state index < -0.39 is 0 Å². The highest BCUT2D eigenvalue weighted by Gasteiger charge is 2.24. The fourth-order valence-corrected chi connectivity index (χ4v) is 2.67. The molecule has 0 spiro atoms. The molecular formula is C15H23N3O3. The molecule has 21 heavy (non-hydrogen) atoms. The molecule has 0 bridgehead atoms. The summed E-state index contributed by atoms with van der Waals surface area (Å²) in [5, 5.41) is 2.84. The van der Waals surface area contributed by atoms with E-state index in [4.69, 9.17) is 10.5 Å². The molecule has 1 aromatic carbocycles. The highest BCUT2D eigenvalue weighted by atomic mass is 16.5. The normalized spacial score (nSPS) is 18.5. The lowest BCUT2D eigenvalue weighted by Gasteiger charge is -2.17. The number of alkyl carbamates (subject to hydrolysis) is 1. The van der Waals surface area contributed by atoms with E-state index in [1.165, 1.54) is 12.7 Å². The number of methoxy groups -OCH3 is 2. The Bertz CT molecular complexity index is 493. The summed E-state index contributed by atoms with van der Waals surface area (Å²) in [6.07, 6.45) is 0.575. The number of likely N-dealkylation sites (tertiary alicyclic amines) is 1. The van der Waals surface area contributed by atoms with Gasteiger partial charge in [0.2, 0.25) is 0 Å². The van der Waals surface area contributed by atoms with Crippen LogP contribution in [0.4, 0.5) is 4.79 Å². The standard InChI is InChI=1S/C15H23N3O3/c1-20-14-4-3-11(7-12(14)8-16)9-18-6-5-13(10-18)17-15(19)21-2/h3-4,7,13H,5-6,8-10,16H2,1-2H3,(H,17,19). The third-order valence-corrected chi connectivity index (χ3v) is 3.75. The van der Waals surface area contributed by atoms with Crippen molar-refractivity contribution >= 4 is 6.09 Å². The van der Waals surface area contributed by atoms with Crippen LogP contribution < -0.4 is 15.8 Å². The van der Waals surface area contributed by atoms with Gasteiger partial charge in [0.15, 0.2) is 0 Å². The lowest BCUT2D eigenvalue weighted by atomic mass is 10.1. The van der Waals surface area contributed by atoms with Crippen LogP contribution in [0.3, 0.4) is 0 Å². The van der Waals surface area contributed by atoms with Gasteiger partial charge >= 0.3 is 6.09 Å². The van der Waals surface area contributed by atoms with Gasteiger partial charge < -0.3 is 20.5 Å². The molecule has 1 fully saturated rings. The molecule has 116 valence electrons. The molecule has 6 nitrogen and oxygen atoms in total. The number of hydrogen-bond acceptors (Lipinski definition) is 5. The Balaban J connectivity index is 1.92. The lowest BCUT2D eigenvalue weighted by Crippen LogP contribution is -2.36. The molecule has 1 aromatic rings. The number of benzene rings is 1. The van der Waals surface area contributed by atoms with Gasteiger partial charge in [-0.25, -0.2) is 4.79 Å². The zero-order chi connectivity index (χ0) is 15.2. The minimum Gasteiger partial charge on any atom is -0.496 e. The number of rotatable bonds is 5. The molecule has 0 radical (unpaired) electrons. The summed E-state index contributed by atoms with van der Waals surface area (Å²) in [6, 6.07) is 6.25. The van der Waals surface area contributed by atoms with Crippen LogP contribution in [0.5, 0.6) is 5.75 Å². The van der Waals surface area contributed by atoms with Crippen LogP contribution >= 0.6 is 0 Å². The van der Waals surface area contributed by atoms with Crippen molar-refractivity contribution in [3.8, 4) is 5.75 Å². The van der Waals surface area contributed by atoms with Gasteiger partial charge in [0, 0.05) is 37.8 Å². The Labute approximate surface area is 125 Å². The summed E-state index contributed by atoms with van der Waals surface area (Å²) in [5.74, 6) is 0.827. The molecule has 6 heteroatoms. The van der Waals surface area contributed by atoms with Gasteiger partial charge in [-0.05, 0) is 24.1 Å². The van der Waals surface area contributed by atoms with Gasteiger partial charge in [0.25, 0.3) is 0 Å². The zero-order valence-electron chi connectivity index (χ0n) is 12.6. The molecule has 1 aliphatic heterocycles. The van der Waals surface area contributed by atoms with E-state index in [1.807, 2.05) is 6.07 Å². The largest absolute Gasteiger partial charge is 0.496 e. The number of hydrogen-bond donors (Lipinski definition) is 2. The van der Waals surface area contributed by atoms with Gasteiger partial charge in [-0.2, -0.15) is 0 Å². The first-order valence-electron chi connectivity index (χ1n) is 7.09. The second-order valence-electron chi connectivity index (χ2n) is 5.21. The summed E-state index contributed by atoms with van der Waals surface area (Å²) >= 11 is 0. The van der Waals surface area contributed by atoms with Gasteiger partial charge in [-0.1, -0.05) is 6.07 Å². The van der Waals surface area contributed by atoms with E-state index in [0.29, 0.717) is 6.54 Å². The number of carbonyl (C=O) groups is 1. The van der Waals surface area contributed by atoms with Crippen LogP contribution in [0, 0.1) is 0 Å². The van der Waals surface area contributed by atoms with E-state index in [0.717, 1.165) is 37.4 Å². The second kappa shape index (κ2) is 7.28. The lowest BCUT2D eigenvalue weighted by molar-refractivity contribution is 0.166. The fraction of sp³-hybridized carbons (Fsp3) is 0.533. The first-order chi connectivity index (χ1) is 10.2. The summed E-state index contributed by atoms with van der Waals surface area (Å²) in [5.41, 5.74) is 7.96. The Morgan fingerprint density at radius 1 is 1.48 bits per heavy atom. The minimum absolute atomic E-state index is 0.157. The molecule has 1 unspecified atom stereocenters. The smallest absolute Gasteiger partial charge is 0.407 e. The third kappa shape index (κ3) is 4.09. The molecule has 1 heterocycles. The van der Waals surface area contributed by atoms with Crippen molar-refractivity contribution in [1.29, 1.82) is 0 Å². The topological polar surface area (TPSA) is 76.8 Å². The Morgan fingerprint density at radius 2 is 2.29 bits per heavy atom. The zero-order valence-corrected chi connectivity index (χ0v) is 12.6. The number of nitrogens with zero attached hydrogens (tertiary/aromatic N) is 1. The minimum atomic E-state index is -0.364. The molecule has 1 amide bonds. The van der Waals surface area contributed by atoms with E-state index in [1.54, 1.807) is 7.11 Å². The maximum Gasteiger partial charge on any atom is 0.407 e. The van der Waals surface area contributed by atoms with Crippen LogP contribution in [0.25, 0.3) is 0 Å². The van der Waals surface area contributed by atoms with E-state index in [2.05, 4.69) is 27.1 Å². The summed E-state index contributed by atoms with van der Waals surface area (Å²) in [4.78, 5) is 13.5. The van der Waals surface area contributed by atoms with Crippen molar-refractivity contribution < 1.29 is 14.3 Å². The number of ether oxygens (including phenoxy) is 2. The predicted octanol–water partition coefficient (Wildman–Crippen LogP) is 1.08. The maximum atomic E-state index is 11.2. The Morgan fingerprint density at radius 3 is 2.95 bits per heavy atom. The van der Waals surface area contributed by atoms with Crippen LogP contribution in [-0.4, -0.2) is 44.3 Å². The fourth-order valence-electron chi connectivity index (χ4n) is 2.67. The van der Waals surface area contributed by atoms with Crippen LogP contribution in [0.1, 0.15) is 17.5 Å². The van der Waals surface area contributed by atoms with E-state index >= 15 is 0 Å².